The number of fused-ring (bicyclic) bond motifs is 1. The van der Waals surface area contributed by atoms with Crippen molar-refractivity contribution in [2.24, 2.45) is 23.7 Å². The predicted molar refractivity (Wildman–Crippen MR) is 98.9 cm³/mol. The molecule has 0 spiro atoms. The fourth-order valence-electron chi connectivity index (χ4n) is 4.96. The quantitative estimate of drug-likeness (QED) is 0.827. The standard InChI is InChI=1S/C22H21NO4/c24-21(19-14-10-17-18(11-14)27-22(25)20(17)19)23-15-6-8-16(9-7-15)26-12-13-4-2-1-3-5-13/h1-9,14,17-20H,10-12H2,(H,23,24)/t14-,17-,18-,19-,20+/m1/s1. The molecular weight excluding hydrogens is 342 g/mol. The monoisotopic (exact) mass is 363 g/mol. The first-order chi connectivity index (χ1) is 13.2. The molecule has 1 heterocycles. The van der Waals surface area contributed by atoms with Crippen LogP contribution in [0.2, 0.25) is 0 Å². The van der Waals surface area contributed by atoms with Crippen molar-refractivity contribution in [2.45, 2.75) is 25.6 Å². The highest BCUT2D eigenvalue weighted by molar-refractivity contribution is 5.97. The van der Waals surface area contributed by atoms with E-state index in [1.165, 1.54) is 0 Å². The predicted octanol–water partition coefficient (Wildman–Crippen LogP) is 3.40. The lowest BCUT2D eigenvalue weighted by molar-refractivity contribution is -0.145. The van der Waals surface area contributed by atoms with Gasteiger partial charge in [0.05, 0.1) is 11.8 Å². The molecule has 3 fully saturated rings. The molecule has 1 aliphatic heterocycles. The van der Waals surface area contributed by atoms with Crippen LogP contribution < -0.4 is 10.1 Å². The Hall–Kier alpha value is -2.82. The zero-order chi connectivity index (χ0) is 18.4. The summed E-state index contributed by atoms with van der Waals surface area (Å²) >= 11 is 0. The normalized spacial score (nSPS) is 30.2. The third kappa shape index (κ3) is 2.87. The molecule has 0 unspecified atom stereocenters. The fourth-order valence-corrected chi connectivity index (χ4v) is 4.96. The topological polar surface area (TPSA) is 64.6 Å². The van der Waals surface area contributed by atoms with Crippen LogP contribution in [0.5, 0.6) is 5.75 Å². The number of amides is 1. The van der Waals surface area contributed by atoms with E-state index in [2.05, 4.69) is 5.32 Å². The third-order valence-corrected chi connectivity index (χ3v) is 6.16. The Morgan fingerprint density at radius 1 is 1.07 bits per heavy atom. The molecule has 2 aromatic rings. The molecule has 5 rings (SSSR count). The Balaban J connectivity index is 1.21. The molecule has 1 amide bonds. The summed E-state index contributed by atoms with van der Waals surface area (Å²) in [7, 11) is 0. The van der Waals surface area contributed by atoms with Crippen LogP contribution in [-0.2, 0) is 20.9 Å². The highest BCUT2D eigenvalue weighted by atomic mass is 16.6. The van der Waals surface area contributed by atoms with Crippen LogP contribution in [0.3, 0.4) is 0 Å². The number of carbonyl (C=O) groups is 2. The first-order valence-corrected chi connectivity index (χ1v) is 9.47. The highest BCUT2D eigenvalue weighted by Gasteiger charge is 2.63. The fraction of sp³-hybridized carbons (Fsp3) is 0.364. The van der Waals surface area contributed by atoms with Crippen molar-refractivity contribution in [2.75, 3.05) is 5.32 Å². The minimum atomic E-state index is -0.254. The molecule has 3 aliphatic rings. The Morgan fingerprint density at radius 2 is 1.85 bits per heavy atom. The highest BCUT2D eigenvalue weighted by Crippen LogP contribution is 2.57. The number of rotatable bonds is 5. The van der Waals surface area contributed by atoms with Crippen molar-refractivity contribution in [3.8, 4) is 5.75 Å². The van der Waals surface area contributed by atoms with Crippen LogP contribution >= 0.6 is 0 Å². The summed E-state index contributed by atoms with van der Waals surface area (Å²) in [5.74, 6) is 0.506. The largest absolute Gasteiger partial charge is 0.489 e. The van der Waals surface area contributed by atoms with Gasteiger partial charge in [-0.05, 0) is 48.6 Å². The maximum Gasteiger partial charge on any atom is 0.310 e. The van der Waals surface area contributed by atoms with E-state index < -0.39 is 0 Å². The molecule has 2 aromatic carbocycles. The van der Waals surface area contributed by atoms with Gasteiger partial charge in [-0.15, -0.1) is 0 Å². The molecule has 0 radical (unpaired) electrons. The van der Waals surface area contributed by atoms with Gasteiger partial charge in [-0.2, -0.15) is 0 Å². The van der Waals surface area contributed by atoms with Gasteiger partial charge in [0.2, 0.25) is 5.91 Å². The van der Waals surface area contributed by atoms with E-state index in [0.717, 1.165) is 29.8 Å². The van der Waals surface area contributed by atoms with Crippen LogP contribution in [0.15, 0.2) is 54.6 Å². The SMILES string of the molecule is O=C(Nc1ccc(OCc2ccccc2)cc1)[C@@H]1[C@@H]2C[C@H]3[C@@H]1C(=O)O[C@@H]3C2. The Bertz CT molecular complexity index is 862. The number of hydrogen-bond acceptors (Lipinski definition) is 4. The Morgan fingerprint density at radius 3 is 2.63 bits per heavy atom. The zero-order valence-electron chi connectivity index (χ0n) is 14.8. The average Bonchev–Trinajstić information content (AvgIpc) is 3.31. The molecule has 1 N–H and O–H groups in total. The average molecular weight is 363 g/mol. The maximum absolute atomic E-state index is 12.8. The molecule has 1 saturated heterocycles. The van der Waals surface area contributed by atoms with Gasteiger partial charge >= 0.3 is 5.97 Å². The zero-order valence-corrected chi connectivity index (χ0v) is 14.8. The number of carbonyl (C=O) groups excluding carboxylic acids is 2. The maximum atomic E-state index is 12.8. The van der Waals surface area contributed by atoms with E-state index in [-0.39, 0.29) is 41.7 Å². The summed E-state index contributed by atoms with van der Waals surface area (Å²) in [5, 5.41) is 2.97. The summed E-state index contributed by atoms with van der Waals surface area (Å²) in [5.41, 5.74) is 1.82. The third-order valence-electron chi connectivity index (χ3n) is 6.16. The van der Waals surface area contributed by atoms with Gasteiger partial charge in [0.1, 0.15) is 18.5 Å². The Labute approximate surface area is 157 Å². The minimum Gasteiger partial charge on any atom is -0.489 e. The van der Waals surface area contributed by atoms with Gasteiger partial charge in [-0.25, -0.2) is 0 Å². The number of benzene rings is 2. The van der Waals surface area contributed by atoms with Gasteiger partial charge in [0.25, 0.3) is 0 Å². The van der Waals surface area contributed by atoms with Crippen molar-refractivity contribution in [3.63, 3.8) is 0 Å². The molecule has 2 bridgehead atoms. The first-order valence-electron chi connectivity index (χ1n) is 9.47. The smallest absolute Gasteiger partial charge is 0.310 e. The summed E-state index contributed by atoms with van der Waals surface area (Å²) in [4.78, 5) is 24.9. The second kappa shape index (κ2) is 6.41. The van der Waals surface area contributed by atoms with Crippen molar-refractivity contribution in [1.82, 2.24) is 0 Å². The number of nitrogens with one attached hydrogen (secondary N) is 1. The summed E-state index contributed by atoms with van der Waals surface area (Å²) < 4.78 is 11.2. The molecule has 0 aromatic heterocycles. The lowest BCUT2D eigenvalue weighted by Gasteiger charge is -2.23. The van der Waals surface area contributed by atoms with Crippen LogP contribution in [-0.4, -0.2) is 18.0 Å². The van der Waals surface area contributed by atoms with Crippen LogP contribution in [0.25, 0.3) is 0 Å². The second-order valence-corrected chi connectivity index (χ2v) is 7.71. The molecule has 2 saturated carbocycles. The van der Waals surface area contributed by atoms with E-state index >= 15 is 0 Å². The van der Waals surface area contributed by atoms with E-state index in [9.17, 15) is 9.59 Å². The van der Waals surface area contributed by atoms with Crippen molar-refractivity contribution >= 4 is 17.6 Å². The molecule has 27 heavy (non-hydrogen) atoms. The molecule has 5 nitrogen and oxygen atoms in total. The lowest BCUT2D eigenvalue weighted by Crippen LogP contribution is -2.35. The van der Waals surface area contributed by atoms with Crippen LogP contribution in [0.1, 0.15) is 18.4 Å². The van der Waals surface area contributed by atoms with E-state index in [1.807, 2.05) is 54.6 Å². The van der Waals surface area contributed by atoms with Gasteiger partial charge in [0.15, 0.2) is 0 Å². The first kappa shape index (κ1) is 16.4. The van der Waals surface area contributed by atoms with Gasteiger partial charge < -0.3 is 14.8 Å². The molecule has 138 valence electrons. The molecule has 5 atom stereocenters. The number of ether oxygens (including phenoxy) is 2. The second-order valence-electron chi connectivity index (χ2n) is 7.71. The van der Waals surface area contributed by atoms with Crippen molar-refractivity contribution < 1.29 is 19.1 Å². The summed E-state index contributed by atoms with van der Waals surface area (Å²) in [6.07, 6.45) is 1.82. The lowest BCUT2D eigenvalue weighted by atomic mass is 9.79. The number of esters is 1. The van der Waals surface area contributed by atoms with E-state index in [0.29, 0.717) is 6.61 Å². The number of hydrogen-bond donors (Lipinski definition) is 1. The molecule has 2 aliphatic carbocycles. The van der Waals surface area contributed by atoms with Gasteiger partial charge in [0, 0.05) is 11.6 Å². The Kier molecular flexibility index (Phi) is 3.88. The van der Waals surface area contributed by atoms with Crippen LogP contribution in [0.4, 0.5) is 5.69 Å². The van der Waals surface area contributed by atoms with Gasteiger partial charge in [-0.3, -0.25) is 9.59 Å². The van der Waals surface area contributed by atoms with Crippen molar-refractivity contribution in [3.05, 3.63) is 60.2 Å². The molecule has 5 heteroatoms. The minimum absolute atomic E-state index is 0.0533. The summed E-state index contributed by atoms with van der Waals surface area (Å²) in [6.45, 7) is 0.503. The van der Waals surface area contributed by atoms with Crippen LogP contribution in [0, 0.1) is 23.7 Å². The van der Waals surface area contributed by atoms with Gasteiger partial charge in [-0.1, -0.05) is 30.3 Å². The van der Waals surface area contributed by atoms with E-state index in [1.54, 1.807) is 0 Å². The van der Waals surface area contributed by atoms with Crippen molar-refractivity contribution in [1.29, 1.82) is 0 Å². The number of anilines is 1. The summed E-state index contributed by atoms with van der Waals surface area (Å²) in [6, 6.07) is 17.3. The molecular formula is C22H21NO4. The van der Waals surface area contributed by atoms with E-state index in [4.69, 9.17) is 9.47 Å².